The lowest BCUT2D eigenvalue weighted by molar-refractivity contribution is -0.139. The van der Waals surface area contributed by atoms with Crippen LogP contribution < -0.4 is 0 Å². The number of hydrogen-bond donors (Lipinski definition) is 0. The summed E-state index contributed by atoms with van der Waals surface area (Å²) in [5.74, 6) is -0.193. The molecule has 0 aromatic heterocycles. The van der Waals surface area contributed by atoms with Gasteiger partial charge in [0.15, 0.2) is 0 Å². The van der Waals surface area contributed by atoms with Crippen molar-refractivity contribution in [1.82, 2.24) is 4.31 Å². The van der Waals surface area contributed by atoms with E-state index in [9.17, 15) is 4.79 Å². The molecule has 0 atom stereocenters. The Hall–Kier alpha value is 0.0900. The van der Waals surface area contributed by atoms with Gasteiger partial charge in [-0.1, -0.05) is 0 Å². The number of carbonyl (C=O) groups is 1. The first kappa shape index (κ1) is 11.2. The summed E-state index contributed by atoms with van der Waals surface area (Å²) in [6.45, 7) is 5.16. The maximum absolute atomic E-state index is 11.5. The summed E-state index contributed by atoms with van der Waals surface area (Å²) in [6, 6.07) is 0. The molecule has 0 spiro atoms. The van der Waals surface area contributed by atoms with E-state index in [0.29, 0.717) is 6.61 Å². The molecule has 1 rings (SSSR count). The smallest absolute Gasteiger partial charge is 0.355 e. The predicted octanol–water partition coefficient (Wildman–Crippen LogP) is 2.53. The van der Waals surface area contributed by atoms with Gasteiger partial charge >= 0.3 is 5.97 Å². The molecule has 0 aliphatic carbocycles. The van der Waals surface area contributed by atoms with E-state index in [-0.39, 0.29) is 5.97 Å². The fourth-order valence-electron chi connectivity index (χ4n) is 1.26. The van der Waals surface area contributed by atoms with Crippen LogP contribution in [0.5, 0.6) is 0 Å². The summed E-state index contributed by atoms with van der Waals surface area (Å²) in [5, 5.41) is 0. The van der Waals surface area contributed by atoms with Gasteiger partial charge in [-0.3, -0.25) is 0 Å². The lowest BCUT2D eigenvalue weighted by Crippen LogP contribution is -2.18. The van der Waals surface area contributed by atoms with Crippen LogP contribution in [0, 0.1) is 0 Å². The van der Waals surface area contributed by atoms with E-state index in [0.717, 1.165) is 24.2 Å². The van der Waals surface area contributed by atoms with E-state index in [1.54, 1.807) is 9.12 Å². The zero-order valence-electron chi connectivity index (χ0n) is 7.67. The van der Waals surface area contributed by atoms with E-state index in [1.807, 2.05) is 18.2 Å². The summed E-state index contributed by atoms with van der Waals surface area (Å²) in [5.41, 5.74) is 1.86. The predicted molar refractivity (Wildman–Crippen MR) is 62.3 cm³/mol. The third-order valence-corrected chi connectivity index (χ3v) is 3.85. The highest BCUT2D eigenvalue weighted by Crippen LogP contribution is 2.33. The highest BCUT2D eigenvalue weighted by molar-refractivity contribution is 14.2. The van der Waals surface area contributed by atoms with Gasteiger partial charge in [0, 0.05) is 36.9 Å². The van der Waals surface area contributed by atoms with Crippen LogP contribution in [0.25, 0.3) is 0 Å². The molecule has 0 N–H and O–H groups in total. The summed E-state index contributed by atoms with van der Waals surface area (Å²) in [7, 11) is 1.54. The van der Waals surface area contributed by atoms with Gasteiger partial charge in [-0.05, 0) is 25.8 Å². The van der Waals surface area contributed by atoms with Gasteiger partial charge < -0.3 is 9.04 Å². The second kappa shape index (κ2) is 5.09. The van der Waals surface area contributed by atoms with Crippen molar-refractivity contribution < 1.29 is 9.53 Å². The maximum atomic E-state index is 11.5. The van der Waals surface area contributed by atoms with Gasteiger partial charge in [0.1, 0.15) is 5.70 Å². The second-order valence-electron chi connectivity index (χ2n) is 2.77. The maximum Gasteiger partial charge on any atom is 0.355 e. The van der Waals surface area contributed by atoms with Crippen LogP contribution in [-0.2, 0) is 9.53 Å². The SMILES string of the molecule is CCOC(=O)C1=C(C)CCN1SI. The fraction of sp³-hybridized carbons (Fsp3) is 0.625. The molecule has 0 aromatic carbocycles. The van der Waals surface area contributed by atoms with Crippen molar-refractivity contribution >= 4 is 36.3 Å². The van der Waals surface area contributed by atoms with Crippen molar-refractivity contribution in [3.05, 3.63) is 11.3 Å². The van der Waals surface area contributed by atoms with E-state index in [1.165, 1.54) is 0 Å². The van der Waals surface area contributed by atoms with Crippen LogP contribution in [-0.4, -0.2) is 23.4 Å². The Morgan fingerprint density at radius 1 is 1.77 bits per heavy atom. The van der Waals surface area contributed by atoms with Gasteiger partial charge in [-0.2, -0.15) is 0 Å². The Balaban J connectivity index is 2.74. The molecule has 0 saturated carbocycles. The summed E-state index contributed by atoms with van der Waals surface area (Å²) in [4.78, 5) is 11.5. The van der Waals surface area contributed by atoms with Crippen molar-refractivity contribution in [3.8, 4) is 0 Å². The molecule has 0 aromatic rings. The number of esters is 1. The first-order chi connectivity index (χ1) is 6.20. The zero-order valence-corrected chi connectivity index (χ0v) is 10.6. The van der Waals surface area contributed by atoms with Crippen LogP contribution >= 0.6 is 30.3 Å². The molecular weight excluding hydrogens is 301 g/mol. The summed E-state index contributed by atoms with van der Waals surface area (Å²) in [6.07, 6.45) is 0.962. The number of carbonyl (C=O) groups excluding carboxylic acids is 1. The molecule has 0 fully saturated rings. The van der Waals surface area contributed by atoms with E-state index in [4.69, 9.17) is 4.74 Å². The molecule has 0 amide bonds. The third-order valence-electron chi connectivity index (χ3n) is 1.90. The molecule has 1 heterocycles. The zero-order chi connectivity index (χ0) is 9.84. The Bertz CT molecular complexity index is 242. The molecule has 5 heteroatoms. The topological polar surface area (TPSA) is 29.5 Å². The molecule has 1 aliphatic heterocycles. The highest BCUT2D eigenvalue weighted by atomic mass is 127. The van der Waals surface area contributed by atoms with Gasteiger partial charge in [0.05, 0.1) is 6.61 Å². The number of rotatable bonds is 3. The number of nitrogens with zero attached hydrogens (tertiary/aromatic N) is 1. The molecule has 74 valence electrons. The Morgan fingerprint density at radius 2 is 2.46 bits per heavy atom. The average molecular weight is 313 g/mol. The van der Waals surface area contributed by atoms with Crippen molar-refractivity contribution in [2.24, 2.45) is 0 Å². The van der Waals surface area contributed by atoms with E-state index in [2.05, 4.69) is 21.2 Å². The third kappa shape index (κ3) is 2.52. The monoisotopic (exact) mass is 313 g/mol. The fourth-order valence-corrected chi connectivity index (χ4v) is 2.90. The van der Waals surface area contributed by atoms with Crippen LogP contribution in [0.4, 0.5) is 0 Å². The minimum Gasteiger partial charge on any atom is -0.461 e. The standard InChI is InChI=1S/C8H12INO2S/c1-3-12-8(11)7-6(2)4-5-10(7)13-9/h3-5H2,1-2H3. The quantitative estimate of drug-likeness (QED) is 0.455. The van der Waals surface area contributed by atoms with Crippen molar-refractivity contribution in [1.29, 1.82) is 0 Å². The van der Waals surface area contributed by atoms with Crippen LogP contribution in [0.1, 0.15) is 20.3 Å². The van der Waals surface area contributed by atoms with Gasteiger partial charge in [0.25, 0.3) is 0 Å². The molecule has 0 radical (unpaired) electrons. The van der Waals surface area contributed by atoms with Gasteiger partial charge in [0.2, 0.25) is 0 Å². The van der Waals surface area contributed by atoms with Crippen LogP contribution in [0.15, 0.2) is 11.3 Å². The first-order valence-corrected chi connectivity index (χ1v) is 7.45. The van der Waals surface area contributed by atoms with Crippen molar-refractivity contribution in [2.75, 3.05) is 13.2 Å². The van der Waals surface area contributed by atoms with Gasteiger partial charge in [-0.15, -0.1) is 0 Å². The highest BCUT2D eigenvalue weighted by Gasteiger charge is 2.26. The van der Waals surface area contributed by atoms with E-state index < -0.39 is 0 Å². The van der Waals surface area contributed by atoms with Crippen molar-refractivity contribution in [3.63, 3.8) is 0 Å². The first-order valence-electron chi connectivity index (χ1n) is 4.13. The summed E-state index contributed by atoms with van der Waals surface area (Å²) >= 11 is 2.18. The minimum atomic E-state index is -0.193. The molecule has 0 saturated heterocycles. The number of hydrogen-bond acceptors (Lipinski definition) is 4. The summed E-state index contributed by atoms with van der Waals surface area (Å²) < 4.78 is 6.95. The lowest BCUT2D eigenvalue weighted by atomic mass is 10.2. The molecule has 13 heavy (non-hydrogen) atoms. The molecule has 0 bridgehead atoms. The van der Waals surface area contributed by atoms with Crippen LogP contribution in [0.2, 0.25) is 0 Å². The Labute approximate surface area is 94.6 Å². The number of ether oxygens (including phenoxy) is 1. The Kier molecular flexibility index (Phi) is 4.37. The average Bonchev–Trinajstić information content (AvgIpc) is 2.47. The van der Waals surface area contributed by atoms with Gasteiger partial charge in [-0.25, -0.2) is 4.79 Å². The second-order valence-corrected chi connectivity index (χ2v) is 4.53. The van der Waals surface area contributed by atoms with Crippen molar-refractivity contribution in [2.45, 2.75) is 20.3 Å². The number of halogens is 1. The van der Waals surface area contributed by atoms with E-state index >= 15 is 0 Å². The Morgan fingerprint density at radius 3 is 3.00 bits per heavy atom. The normalized spacial score (nSPS) is 16.7. The molecular formula is C8H12INO2S. The minimum absolute atomic E-state index is 0.193. The molecule has 3 nitrogen and oxygen atoms in total. The molecule has 0 unspecified atom stereocenters. The molecule has 1 aliphatic rings. The van der Waals surface area contributed by atoms with Crippen LogP contribution in [0.3, 0.4) is 0 Å². The lowest BCUT2D eigenvalue weighted by Gasteiger charge is -2.15. The largest absolute Gasteiger partial charge is 0.461 e.